The van der Waals surface area contributed by atoms with E-state index in [1.807, 2.05) is 0 Å². The quantitative estimate of drug-likeness (QED) is 0.154. The van der Waals surface area contributed by atoms with Crippen LogP contribution in [0.25, 0.3) is 0 Å². The number of carbonyl (C=O) groups excluding carboxylic acids is 3. The molecule has 0 radical (unpaired) electrons. The molecule has 0 aliphatic heterocycles. The Labute approximate surface area is 182 Å². The average Bonchev–Trinajstić information content (AvgIpc) is 2.75. The minimum atomic E-state index is -1.56. The number of amides is 3. The van der Waals surface area contributed by atoms with Gasteiger partial charge in [-0.3, -0.25) is 19.2 Å². The van der Waals surface area contributed by atoms with E-state index in [1.165, 1.54) is 24.3 Å². The topological polar surface area (TPSA) is 228 Å². The number of carboxylic acid groups (broad SMARTS) is 2. The third kappa shape index (κ3) is 8.97. The first-order valence-electron chi connectivity index (χ1n) is 9.50. The number of nitrogens with two attached hydrogens (primary N) is 1. The lowest BCUT2D eigenvalue weighted by molar-refractivity contribution is -0.142. The molecule has 176 valence electrons. The Morgan fingerprint density at radius 1 is 0.875 bits per heavy atom. The van der Waals surface area contributed by atoms with E-state index in [0.717, 1.165) is 0 Å². The Kier molecular flexibility index (Phi) is 10.6. The van der Waals surface area contributed by atoms with Crippen LogP contribution in [-0.4, -0.2) is 81.4 Å². The predicted molar refractivity (Wildman–Crippen MR) is 108 cm³/mol. The number of aliphatic hydroxyl groups excluding tert-OH is 1. The maximum absolute atomic E-state index is 12.4. The van der Waals surface area contributed by atoms with Crippen molar-refractivity contribution in [2.45, 2.75) is 37.4 Å². The van der Waals surface area contributed by atoms with Crippen molar-refractivity contribution in [1.29, 1.82) is 0 Å². The van der Waals surface area contributed by atoms with Gasteiger partial charge in [0.25, 0.3) is 0 Å². The van der Waals surface area contributed by atoms with E-state index in [9.17, 15) is 39.3 Å². The Hall–Kier alpha value is -3.71. The predicted octanol–water partition coefficient (Wildman–Crippen LogP) is -2.71. The molecule has 13 heteroatoms. The van der Waals surface area contributed by atoms with E-state index in [0.29, 0.717) is 5.56 Å². The van der Waals surface area contributed by atoms with Crippen LogP contribution in [0.3, 0.4) is 0 Å². The molecule has 32 heavy (non-hydrogen) atoms. The van der Waals surface area contributed by atoms with Crippen LogP contribution in [-0.2, 0) is 30.4 Å². The SMILES string of the molecule is NCC(=O)NC(CCC(=O)O)C(=O)NC(CO)C(=O)NC(Cc1ccc(O)cc1)C(=O)O. The zero-order valence-corrected chi connectivity index (χ0v) is 17.0. The van der Waals surface area contributed by atoms with Gasteiger partial charge in [0.2, 0.25) is 17.7 Å². The second kappa shape index (κ2) is 12.9. The molecule has 1 aromatic rings. The average molecular weight is 454 g/mol. The number of aliphatic hydroxyl groups is 1. The fraction of sp³-hybridized carbons (Fsp3) is 0.421. The summed E-state index contributed by atoms with van der Waals surface area (Å²) >= 11 is 0. The molecular weight excluding hydrogens is 428 g/mol. The zero-order valence-electron chi connectivity index (χ0n) is 17.0. The number of carboxylic acids is 2. The lowest BCUT2D eigenvalue weighted by atomic mass is 10.1. The summed E-state index contributed by atoms with van der Waals surface area (Å²) < 4.78 is 0. The van der Waals surface area contributed by atoms with Crippen molar-refractivity contribution in [2.75, 3.05) is 13.2 Å². The van der Waals surface area contributed by atoms with E-state index in [-0.39, 0.29) is 18.6 Å². The third-order valence-electron chi connectivity index (χ3n) is 4.29. The van der Waals surface area contributed by atoms with E-state index < -0.39 is 67.4 Å². The Bertz CT molecular complexity index is 829. The van der Waals surface area contributed by atoms with Crippen molar-refractivity contribution in [3.8, 4) is 5.75 Å². The number of hydrogen-bond donors (Lipinski definition) is 8. The van der Waals surface area contributed by atoms with Gasteiger partial charge in [-0.2, -0.15) is 0 Å². The molecule has 3 amide bonds. The monoisotopic (exact) mass is 454 g/mol. The molecule has 0 heterocycles. The van der Waals surface area contributed by atoms with Crippen LogP contribution in [0.2, 0.25) is 0 Å². The molecule has 0 saturated carbocycles. The van der Waals surface area contributed by atoms with Gasteiger partial charge in [0.1, 0.15) is 23.9 Å². The highest BCUT2D eigenvalue weighted by atomic mass is 16.4. The first kappa shape index (κ1) is 26.3. The van der Waals surface area contributed by atoms with Gasteiger partial charge in [-0.15, -0.1) is 0 Å². The lowest BCUT2D eigenvalue weighted by Gasteiger charge is -2.23. The van der Waals surface area contributed by atoms with Gasteiger partial charge in [0.05, 0.1) is 13.2 Å². The number of carbonyl (C=O) groups is 5. The normalized spacial score (nSPS) is 13.3. The van der Waals surface area contributed by atoms with Crippen LogP contribution < -0.4 is 21.7 Å². The molecule has 3 unspecified atom stereocenters. The summed E-state index contributed by atoms with van der Waals surface area (Å²) in [7, 11) is 0. The van der Waals surface area contributed by atoms with Crippen molar-refractivity contribution in [2.24, 2.45) is 5.73 Å². The summed E-state index contributed by atoms with van der Waals surface area (Å²) in [4.78, 5) is 58.7. The number of phenolic OH excluding ortho intramolecular Hbond substituents is 1. The van der Waals surface area contributed by atoms with Crippen molar-refractivity contribution in [3.63, 3.8) is 0 Å². The van der Waals surface area contributed by atoms with Crippen LogP contribution in [0.5, 0.6) is 5.75 Å². The molecule has 13 nitrogen and oxygen atoms in total. The van der Waals surface area contributed by atoms with Gasteiger partial charge in [-0.25, -0.2) is 4.79 Å². The molecule has 0 aliphatic rings. The smallest absolute Gasteiger partial charge is 0.326 e. The van der Waals surface area contributed by atoms with Crippen LogP contribution >= 0.6 is 0 Å². The van der Waals surface area contributed by atoms with Crippen LogP contribution in [0, 0.1) is 0 Å². The fourth-order valence-corrected chi connectivity index (χ4v) is 2.60. The Morgan fingerprint density at radius 3 is 1.94 bits per heavy atom. The van der Waals surface area contributed by atoms with Gasteiger partial charge >= 0.3 is 11.9 Å². The number of aliphatic carboxylic acids is 2. The zero-order chi connectivity index (χ0) is 24.3. The van der Waals surface area contributed by atoms with Gasteiger partial charge in [0.15, 0.2) is 0 Å². The Morgan fingerprint density at radius 2 is 1.44 bits per heavy atom. The molecule has 0 aliphatic carbocycles. The summed E-state index contributed by atoms with van der Waals surface area (Å²) in [6, 6.07) is 1.32. The van der Waals surface area contributed by atoms with E-state index in [4.69, 9.17) is 10.8 Å². The van der Waals surface area contributed by atoms with Crippen molar-refractivity contribution in [1.82, 2.24) is 16.0 Å². The second-order valence-electron chi connectivity index (χ2n) is 6.77. The maximum atomic E-state index is 12.4. The first-order chi connectivity index (χ1) is 15.1. The molecule has 0 bridgehead atoms. The highest BCUT2D eigenvalue weighted by molar-refractivity contribution is 5.93. The maximum Gasteiger partial charge on any atom is 0.326 e. The highest BCUT2D eigenvalue weighted by Gasteiger charge is 2.29. The molecular formula is C19H26N4O9. The Balaban J connectivity index is 2.84. The minimum Gasteiger partial charge on any atom is -0.508 e. The molecule has 1 rings (SSSR count). The van der Waals surface area contributed by atoms with Crippen molar-refractivity contribution < 1.29 is 44.4 Å². The summed E-state index contributed by atoms with van der Waals surface area (Å²) in [6.07, 6.45) is -0.904. The van der Waals surface area contributed by atoms with Crippen molar-refractivity contribution >= 4 is 29.7 Å². The molecule has 0 aromatic heterocycles. The summed E-state index contributed by atoms with van der Waals surface area (Å²) in [5, 5.41) is 43.5. The van der Waals surface area contributed by atoms with E-state index >= 15 is 0 Å². The number of phenols is 1. The van der Waals surface area contributed by atoms with Crippen LogP contribution in [0.1, 0.15) is 18.4 Å². The van der Waals surface area contributed by atoms with Gasteiger partial charge in [0, 0.05) is 12.8 Å². The fourth-order valence-electron chi connectivity index (χ4n) is 2.60. The van der Waals surface area contributed by atoms with Crippen molar-refractivity contribution in [3.05, 3.63) is 29.8 Å². The van der Waals surface area contributed by atoms with Crippen LogP contribution in [0.4, 0.5) is 0 Å². The number of hydrogen-bond acceptors (Lipinski definition) is 8. The third-order valence-corrected chi connectivity index (χ3v) is 4.29. The number of aromatic hydroxyl groups is 1. The van der Waals surface area contributed by atoms with Gasteiger partial charge < -0.3 is 42.1 Å². The standard InChI is InChI=1S/C19H26N4O9/c20-8-15(26)21-12(5-6-16(27)28)17(29)23-14(9-24)18(30)22-13(19(31)32)7-10-1-3-11(25)4-2-10/h1-4,12-14,24-25H,5-9,20H2,(H,21,26)(H,22,30)(H,23,29)(H,27,28)(H,31,32). The summed E-state index contributed by atoms with van der Waals surface area (Å²) in [6.45, 7) is -1.35. The molecule has 0 saturated heterocycles. The molecule has 9 N–H and O–H groups in total. The first-order valence-corrected chi connectivity index (χ1v) is 9.50. The summed E-state index contributed by atoms with van der Waals surface area (Å²) in [5.41, 5.74) is 5.67. The molecule has 1 aromatic carbocycles. The van der Waals surface area contributed by atoms with E-state index in [1.54, 1.807) is 0 Å². The van der Waals surface area contributed by atoms with Gasteiger partial charge in [-0.1, -0.05) is 12.1 Å². The number of rotatable bonds is 13. The number of nitrogens with one attached hydrogen (secondary N) is 3. The molecule has 0 fully saturated rings. The largest absolute Gasteiger partial charge is 0.508 e. The minimum absolute atomic E-state index is 0.0214. The van der Waals surface area contributed by atoms with E-state index in [2.05, 4.69) is 16.0 Å². The van der Waals surface area contributed by atoms with Gasteiger partial charge in [-0.05, 0) is 24.1 Å². The number of benzene rings is 1. The molecule has 3 atom stereocenters. The lowest BCUT2D eigenvalue weighted by Crippen LogP contribution is -2.57. The highest BCUT2D eigenvalue weighted by Crippen LogP contribution is 2.11. The molecule has 0 spiro atoms. The second-order valence-corrected chi connectivity index (χ2v) is 6.77. The summed E-state index contributed by atoms with van der Waals surface area (Å²) in [5.74, 6) is -5.31. The van der Waals surface area contributed by atoms with Crippen LogP contribution in [0.15, 0.2) is 24.3 Å².